The van der Waals surface area contributed by atoms with Gasteiger partial charge >= 0.3 is 0 Å². The molecule has 0 unspecified atom stereocenters. The topological polar surface area (TPSA) is 52.4 Å². The van der Waals surface area contributed by atoms with Crippen LogP contribution in [0.25, 0.3) is 0 Å². The fourth-order valence-electron chi connectivity index (χ4n) is 1.46. The first kappa shape index (κ1) is 13.5. The van der Waals surface area contributed by atoms with Gasteiger partial charge in [-0.05, 0) is 30.3 Å². The van der Waals surface area contributed by atoms with Crippen molar-refractivity contribution in [2.45, 2.75) is 6.61 Å². The molecule has 0 heterocycles. The van der Waals surface area contributed by atoms with Gasteiger partial charge in [-0.15, -0.1) is 0 Å². The number of halogens is 2. The highest BCUT2D eigenvalue weighted by molar-refractivity contribution is 9.10. The van der Waals surface area contributed by atoms with E-state index in [-0.39, 0.29) is 18.1 Å². The molecule has 0 bridgehead atoms. The van der Waals surface area contributed by atoms with Gasteiger partial charge in [0.1, 0.15) is 18.2 Å². The maximum absolute atomic E-state index is 12.7. The highest BCUT2D eigenvalue weighted by Crippen LogP contribution is 2.24. The molecule has 0 aliphatic rings. The summed E-state index contributed by atoms with van der Waals surface area (Å²) in [5.74, 6) is 0.204. The number of rotatable bonds is 4. The monoisotopic (exact) mass is 325 g/mol. The summed E-state index contributed by atoms with van der Waals surface area (Å²) in [6, 6.07) is 10.1. The summed E-state index contributed by atoms with van der Waals surface area (Å²) >= 11 is 3.26. The van der Waals surface area contributed by atoms with Crippen molar-refractivity contribution < 1.29 is 14.1 Å². The van der Waals surface area contributed by atoms with E-state index < -0.39 is 4.92 Å². The van der Waals surface area contributed by atoms with E-state index in [0.717, 1.165) is 5.56 Å². The van der Waals surface area contributed by atoms with Crippen LogP contribution in [0.3, 0.4) is 0 Å². The van der Waals surface area contributed by atoms with Gasteiger partial charge < -0.3 is 4.74 Å². The fourth-order valence-corrected chi connectivity index (χ4v) is 1.94. The predicted octanol–water partition coefficient (Wildman–Crippen LogP) is 4.08. The Labute approximate surface area is 117 Å². The summed E-state index contributed by atoms with van der Waals surface area (Å²) in [4.78, 5) is 10.1. The van der Waals surface area contributed by atoms with E-state index in [4.69, 9.17) is 4.74 Å². The van der Waals surface area contributed by atoms with Crippen LogP contribution in [-0.2, 0) is 6.61 Å². The van der Waals surface area contributed by atoms with Crippen molar-refractivity contribution in [1.29, 1.82) is 0 Å². The van der Waals surface area contributed by atoms with E-state index in [1.807, 2.05) is 0 Å². The molecule has 0 fully saturated rings. The van der Waals surface area contributed by atoms with Crippen molar-refractivity contribution >= 4 is 21.6 Å². The van der Waals surface area contributed by atoms with Crippen LogP contribution < -0.4 is 4.74 Å². The summed E-state index contributed by atoms with van der Waals surface area (Å²) in [5, 5.41) is 10.6. The van der Waals surface area contributed by atoms with Crippen LogP contribution in [0.15, 0.2) is 46.9 Å². The van der Waals surface area contributed by atoms with Crippen molar-refractivity contribution in [3.63, 3.8) is 0 Å². The van der Waals surface area contributed by atoms with E-state index >= 15 is 0 Å². The summed E-state index contributed by atoms with van der Waals surface area (Å²) in [6.45, 7) is 0.240. The van der Waals surface area contributed by atoms with Crippen LogP contribution >= 0.6 is 15.9 Å². The highest BCUT2D eigenvalue weighted by atomic mass is 79.9. The zero-order chi connectivity index (χ0) is 13.8. The molecule has 0 atom stereocenters. The van der Waals surface area contributed by atoms with E-state index in [0.29, 0.717) is 10.2 Å². The molecule has 0 aliphatic carbocycles. The average Bonchev–Trinajstić information content (AvgIpc) is 2.39. The van der Waals surface area contributed by atoms with Crippen LogP contribution in [0.4, 0.5) is 10.1 Å². The second-order valence-corrected chi connectivity index (χ2v) is 4.63. The molecule has 2 aromatic rings. The fraction of sp³-hybridized carbons (Fsp3) is 0.0769. The summed E-state index contributed by atoms with van der Waals surface area (Å²) in [7, 11) is 0. The zero-order valence-corrected chi connectivity index (χ0v) is 11.3. The molecule has 2 aromatic carbocycles. The first-order chi connectivity index (χ1) is 9.06. The van der Waals surface area contributed by atoms with Gasteiger partial charge in [0.25, 0.3) is 5.69 Å². The Morgan fingerprint density at radius 2 is 1.89 bits per heavy atom. The lowest BCUT2D eigenvalue weighted by Crippen LogP contribution is -1.97. The number of nitro benzene ring substituents is 1. The van der Waals surface area contributed by atoms with Gasteiger partial charge in [-0.25, -0.2) is 4.39 Å². The molecule has 0 saturated heterocycles. The molecule has 2 rings (SSSR count). The molecule has 19 heavy (non-hydrogen) atoms. The van der Waals surface area contributed by atoms with Gasteiger partial charge in [0.2, 0.25) is 0 Å². The zero-order valence-electron chi connectivity index (χ0n) is 9.68. The lowest BCUT2D eigenvalue weighted by atomic mass is 10.2. The second-order valence-electron chi connectivity index (χ2n) is 3.78. The Hall–Kier alpha value is -1.95. The maximum Gasteiger partial charge on any atom is 0.270 e. The first-order valence-electron chi connectivity index (χ1n) is 5.37. The second kappa shape index (κ2) is 5.79. The lowest BCUT2D eigenvalue weighted by molar-refractivity contribution is -0.384. The molecule has 0 N–H and O–H groups in total. The Morgan fingerprint density at radius 1 is 1.21 bits per heavy atom. The number of nitro groups is 1. The normalized spacial score (nSPS) is 10.2. The summed E-state index contributed by atoms with van der Waals surface area (Å²) in [5.41, 5.74) is 0.785. The van der Waals surface area contributed by atoms with Gasteiger partial charge in [-0.2, -0.15) is 0 Å². The van der Waals surface area contributed by atoms with Crippen LogP contribution in [0, 0.1) is 15.9 Å². The van der Waals surface area contributed by atoms with Crippen LogP contribution in [-0.4, -0.2) is 4.92 Å². The van der Waals surface area contributed by atoms with E-state index in [9.17, 15) is 14.5 Å². The first-order valence-corrected chi connectivity index (χ1v) is 6.17. The standard InChI is InChI=1S/C13H9BrFNO3/c14-13-7-11(16(17)18)4-1-9(13)8-19-12-5-2-10(15)3-6-12/h1-7H,8H2. The van der Waals surface area contributed by atoms with Gasteiger partial charge in [0, 0.05) is 22.2 Å². The molecule has 0 radical (unpaired) electrons. The number of nitrogens with zero attached hydrogens (tertiary/aromatic N) is 1. The van der Waals surface area contributed by atoms with Crippen molar-refractivity contribution in [2.24, 2.45) is 0 Å². The van der Waals surface area contributed by atoms with E-state index in [1.54, 1.807) is 6.07 Å². The van der Waals surface area contributed by atoms with E-state index in [2.05, 4.69) is 15.9 Å². The molecular formula is C13H9BrFNO3. The smallest absolute Gasteiger partial charge is 0.270 e. The maximum atomic E-state index is 12.7. The van der Waals surface area contributed by atoms with Crippen molar-refractivity contribution in [3.8, 4) is 5.75 Å². The molecule has 0 aromatic heterocycles. The lowest BCUT2D eigenvalue weighted by Gasteiger charge is -2.07. The van der Waals surface area contributed by atoms with Crippen LogP contribution in [0.2, 0.25) is 0 Å². The minimum Gasteiger partial charge on any atom is -0.489 e. The number of ether oxygens (including phenoxy) is 1. The van der Waals surface area contributed by atoms with Gasteiger partial charge in [0.15, 0.2) is 0 Å². The van der Waals surface area contributed by atoms with Crippen molar-refractivity contribution in [1.82, 2.24) is 0 Å². The molecule has 6 heteroatoms. The minimum atomic E-state index is -0.463. The Kier molecular flexibility index (Phi) is 4.11. The van der Waals surface area contributed by atoms with Gasteiger partial charge in [0.05, 0.1) is 4.92 Å². The molecule has 0 aliphatic heterocycles. The third-order valence-corrected chi connectivity index (χ3v) is 3.19. The van der Waals surface area contributed by atoms with Crippen LogP contribution in [0.5, 0.6) is 5.75 Å². The summed E-state index contributed by atoms with van der Waals surface area (Å²) in [6.07, 6.45) is 0. The largest absolute Gasteiger partial charge is 0.489 e. The third kappa shape index (κ3) is 3.51. The summed E-state index contributed by atoms with van der Waals surface area (Å²) < 4.78 is 18.8. The molecule has 0 saturated carbocycles. The average molecular weight is 326 g/mol. The Bertz CT molecular complexity index is 601. The Balaban J connectivity index is 2.07. The third-order valence-electron chi connectivity index (χ3n) is 2.46. The SMILES string of the molecule is O=[N+]([O-])c1ccc(COc2ccc(F)cc2)c(Br)c1. The Morgan fingerprint density at radius 3 is 2.47 bits per heavy atom. The predicted molar refractivity (Wildman–Crippen MR) is 71.5 cm³/mol. The number of hydrogen-bond acceptors (Lipinski definition) is 3. The number of non-ortho nitro benzene ring substituents is 1. The molecule has 0 spiro atoms. The molecular weight excluding hydrogens is 317 g/mol. The number of benzene rings is 2. The van der Waals surface area contributed by atoms with Crippen LogP contribution in [0.1, 0.15) is 5.56 Å². The van der Waals surface area contributed by atoms with E-state index in [1.165, 1.54) is 36.4 Å². The quantitative estimate of drug-likeness (QED) is 0.628. The van der Waals surface area contributed by atoms with Gasteiger partial charge in [-0.3, -0.25) is 10.1 Å². The van der Waals surface area contributed by atoms with Crippen molar-refractivity contribution in [3.05, 3.63) is 68.4 Å². The molecule has 98 valence electrons. The highest BCUT2D eigenvalue weighted by Gasteiger charge is 2.09. The minimum absolute atomic E-state index is 0.0115. The number of hydrogen-bond donors (Lipinski definition) is 0. The van der Waals surface area contributed by atoms with Gasteiger partial charge in [-0.1, -0.05) is 15.9 Å². The van der Waals surface area contributed by atoms with Crippen molar-refractivity contribution in [2.75, 3.05) is 0 Å². The molecule has 0 amide bonds. The molecule has 4 nitrogen and oxygen atoms in total.